The summed E-state index contributed by atoms with van der Waals surface area (Å²) in [5.74, 6) is 9.30. The molecule has 0 aromatic heterocycles. The zero-order valence-electron chi connectivity index (χ0n) is 3.37. The Bertz CT molecular complexity index is 89.7. The highest BCUT2D eigenvalue weighted by Gasteiger charge is 1.97. The molecule has 40 valence electrons. The molecule has 0 saturated heterocycles. The second-order valence-electron chi connectivity index (χ2n) is 0.781. The van der Waals surface area contributed by atoms with Crippen LogP contribution in [0.2, 0.25) is 0 Å². The van der Waals surface area contributed by atoms with Gasteiger partial charge in [-0.3, -0.25) is 0 Å². The van der Waals surface area contributed by atoms with E-state index in [4.69, 9.17) is 0 Å². The van der Waals surface area contributed by atoms with Crippen LogP contribution in [-0.4, -0.2) is 11.1 Å². The summed E-state index contributed by atoms with van der Waals surface area (Å²) in [6, 6.07) is -0.824. The molecule has 0 heterocycles. The Hall–Kier alpha value is -0.590. The average molecular weight is 120 g/mol. The van der Waals surface area contributed by atoms with Gasteiger partial charge in [-0.25, -0.2) is 16.5 Å². The van der Waals surface area contributed by atoms with Crippen molar-refractivity contribution in [3.8, 4) is 0 Å². The molecule has 0 aliphatic heterocycles. The van der Waals surface area contributed by atoms with Crippen molar-refractivity contribution in [2.24, 2.45) is 16.0 Å². The number of rotatable bonds is 0. The fourth-order valence-corrected chi connectivity index (χ4v) is 0.141. The maximum Gasteiger partial charge on any atom is 0.383 e. The normalized spacial score (nSPS) is 7.71. The van der Waals surface area contributed by atoms with Gasteiger partial charge in [0.15, 0.2) is 0 Å². The fourth-order valence-electron chi connectivity index (χ4n) is 0.0471. The molecular formula is CH4N4OS. The van der Waals surface area contributed by atoms with Crippen LogP contribution < -0.4 is 11.7 Å². The van der Waals surface area contributed by atoms with Crippen LogP contribution in [0.15, 0.2) is 4.36 Å². The Morgan fingerprint density at radius 3 is 2.14 bits per heavy atom. The lowest BCUT2D eigenvalue weighted by atomic mass is 11.1. The molecule has 0 aliphatic rings. The van der Waals surface area contributed by atoms with Gasteiger partial charge in [-0.2, -0.15) is 5.12 Å². The van der Waals surface area contributed by atoms with Crippen LogP contribution >= 0.6 is 0 Å². The predicted octanol–water partition coefficient (Wildman–Crippen LogP) is -1.11. The van der Waals surface area contributed by atoms with Crippen LogP contribution in [0.25, 0.3) is 0 Å². The van der Waals surface area contributed by atoms with E-state index >= 15 is 0 Å². The van der Waals surface area contributed by atoms with Crippen LogP contribution in [0.1, 0.15) is 0 Å². The molecule has 6 heteroatoms. The van der Waals surface area contributed by atoms with E-state index in [0.717, 1.165) is 0 Å². The third kappa shape index (κ3) is 2.15. The van der Waals surface area contributed by atoms with E-state index in [1.807, 2.05) is 0 Å². The number of carbonyl (C=O) groups excluding carboxylic acids is 1. The maximum atomic E-state index is 9.92. The van der Waals surface area contributed by atoms with Crippen LogP contribution in [0.3, 0.4) is 0 Å². The monoisotopic (exact) mass is 120 g/mol. The minimum absolute atomic E-state index is 0.312. The first kappa shape index (κ1) is 6.41. The molecule has 0 spiro atoms. The SMILES string of the molecule is NN(N)C(=O)N=S. The fraction of sp³-hybridized carbons (Fsp3) is 0. The molecular weight excluding hydrogens is 116 g/mol. The van der Waals surface area contributed by atoms with Gasteiger partial charge in [0.2, 0.25) is 0 Å². The molecule has 0 bridgehead atoms. The summed E-state index contributed by atoms with van der Waals surface area (Å²) in [7, 11) is 0. The van der Waals surface area contributed by atoms with Crippen LogP contribution in [0.5, 0.6) is 0 Å². The second-order valence-corrected chi connectivity index (χ2v) is 0.964. The van der Waals surface area contributed by atoms with E-state index in [-0.39, 0.29) is 0 Å². The predicted molar refractivity (Wildman–Crippen MR) is 25.4 cm³/mol. The largest absolute Gasteiger partial charge is 0.383 e. The zero-order chi connectivity index (χ0) is 5.86. The Labute approximate surface area is 45.4 Å². The summed E-state index contributed by atoms with van der Waals surface area (Å²) in [6.07, 6.45) is 0. The first-order valence-electron chi connectivity index (χ1n) is 1.35. The lowest BCUT2D eigenvalue weighted by Crippen LogP contribution is -2.41. The van der Waals surface area contributed by atoms with Gasteiger partial charge in [0.25, 0.3) is 0 Å². The minimum atomic E-state index is -0.824. The molecule has 0 aromatic carbocycles. The smallest absolute Gasteiger partial charge is 0.242 e. The van der Waals surface area contributed by atoms with E-state index in [0.29, 0.717) is 5.12 Å². The Morgan fingerprint density at radius 2 is 2.14 bits per heavy atom. The van der Waals surface area contributed by atoms with Crippen molar-refractivity contribution in [2.45, 2.75) is 0 Å². The van der Waals surface area contributed by atoms with Crippen molar-refractivity contribution >= 4 is 18.5 Å². The summed E-state index contributed by atoms with van der Waals surface area (Å²) in [5.41, 5.74) is 0. The van der Waals surface area contributed by atoms with Crippen molar-refractivity contribution in [3.05, 3.63) is 0 Å². The zero-order valence-corrected chi connectivity index (χ0v) is 4.18. The van der Waals surface area contributed by atoms with E-state index in [9.17, 15) is 4.79 Å². The van der Waals surface area contributed by atoms with E-state index in [1.54, 1.807) is 0 Å². The number of amides is 2. The molecule has 0 fully saturated rings. The summed E-state index contributed by atoms with van der Waals surface area (Å²) < 4.78 is 2.71. The molecule has 4 N–H and O–H groups in total. The number of hydrogen-bond acceptors (Lipinski definition) is 4. The molecule has 2 amide bonds. The molecule has 0 aliphatic carbocycles. The third-order valence-corrected chi connectivity index (χ3v) is 0.455. The summed E-state index contributed by atoms with van der Waals surface area (Å²) in [5, 5.41) is 0.312. The summed E-state index contributed by atoms with van der Waals surface area (Å²) in [4.78, 5) is 9.92. The van der Waals surface area contributed by atoms with Gasteiger partial charge < -0.3 is 0 Å². The van der Waals surface area contributed by atoms with Crippen LogP contribution in [0, 0.1) is 0 Å². The second kappa shape index (κ2) is 2.56. The lowest BCUT2D eigenvalue weighted by Gasteiger charge is -2.00. The molecule has 0 atom stereocenters. The number of hydrogen-bond donors (Lipinski definition) is 2. The molecule has 0 aromatic rings. The number of urea groups is 1. The van der Waals surface area contributed by atoms with Crippen molar-refractivity contribution in [1.82, 2.24) is 5.12 Å². The third-order valence-electron chi connectivity index (χ3n) is 0.299. The van der Waals surface area contributed by atoms with Gasteiger partial charge in [0.05, 0.1) is 0 Å². The summed E-state index contributed by atoms with van der Waals surface area (Å²) >= 11 is 3.92. The Morgan fingerprint density at radius 1 is 1.71 bits per heavy atom. The lowest BCUT2D eigenvalue weighted by molar-refractivity contribution is 0.211. The molecule has 5 nitrogen and oxygen atoms in total. The van der Waals surface area contributed by atoms with Crippen molar-refractivity contribution in [1.29, 1.82) is 0 Å². The van der Waals surface area contributed by atoms with Crippen molar-refractivity contribution < 1.29 is 4.79 Å². The highest BCUT2D eigenvalue weighted by atomic mass is 32.1. The van der Waals surface area contributed by atoms with E-state index < -0.39 is 6.03 Å². The van der Waals surface area contributed by atoms with E-state index in [1.165, 1.54) is 0 Å². The Balaban J connectivity index is 3.56. The van der Waals surface area contributed by atoms with Crippen molar-refractivity contribution in [2.75, 3.05) is 0 Å². The van der Waals surface area contributed by atoms with Gasteiger partial charge >= 0.3 is 6.03 Å². The van der Waals surface area contributed by atoms with Gasteiger partial charge in [0, 0.05) is 12.4 Å². The molecule has 0 radical (unpaired) electrons. The van der Waals surface area contributed by atoms with Gasteiger partial charge in [-0.1, -0.05) is 0 Å². The Kier molecular flexibility index (Phi) is 2.34. The number of nitrogens with zero attached hydrogens (tertiary/aromatic N) is 2. The molecule has 0 unspecified atom stereocenters. The number of carbonyl (C=O) groups is 1. The first-order valence-corrected chi connectivity index (χ1v) is 1.72. The average Bonchev–Trinajstić information content (AvgIpc) is 1.65. The minimum Gasteiger partial charge on any atom is -0.242 e. The quantitative estimate of drug-likeness (QED) is 0.241. The molecule has 0 saturated carbocycles. The van der Waals surface area contributed by atoms with Crippen LogP contribution in [-0.2, 0) is 12.4 Å². The number of hydrazine groups is 2. The van der Waals surface area contributed by atoms with Crippen LogP contribution in [0.4, 0.5) is 4.79 Å². The van der Waals surface area contributed by atoms with Gasteiger partial charge in [-0.05, 0) is 0 Å². The highest BCUT2D eigenvalue weighted by molar-refractivity contribution is 7.47. The standard InChI is InChI=1S/CH4N4OS/c2-5(3)1(6)4-7/h2-3H2. The summed E-state index contributed by atoms with van der Waals surface area (Å²) in [6.45, 7) is 0. The van der Waals surface area contributed by atoms with Gasteiger partial charge in [0.1, 0.15) is 0 Å². The highest BCUT2D eigenvalue weighted by Crippen LogP contribution is 1.71. The molecule has 7 heavy (non-hydrogen) atoms. The van der Waals surface area contributed by atoms with E-state index in [2.05, 4.69) is 28.5 Å². The maximum absolute atomic E-state index is 9.92. The number of nitrogens with two attached hydrogens (primary N) is 2. The molecule has 0 rings (SSSR count). The van der Waals surface area contributed by atoms with Gasteiger partial charge in [-0.15, -0.1) is 4.36 Å². The first-order chi connectivity index (χ1) is 3.18. The topological polar surface area (TPSA) is 84.7 Å². The van der Waals surface area contributed by atoms with Crippen molar-refractivity contribution in [3.63, 3.8) is 0 Å².